The molecular weight excluding hydrogens is 1600 g/mol. The number of esters is 4. The number of benzene rings is 4. The van der Waals surface area contributed by atoms with Crippen molar-refractivity contribution in [2.75, 3.05) is 225 Å². The summed E-state index contributed by atoms with van der Waals surface area (Å²) in [7, 11) is 0. The van der Waals surface area contributed by atoms with E-state index in [1.54, 1.807) is 12.1 Å². The zero-order valence-corrected chi connectivity index (χ0v) is 64.7. The molecular formula is C75H97F12N3O27. The molecule has 0 fully saturated rings. The van der Waals surface area contributed by atoms with Crippen molar-refractivity contribution in [3.8, 4) is 17.2 Å². The number of fused-ring (bicyclic) bond motifs is 1. The molecule has 42 heteroatoms. The van der Waals surface area contributed by atoms with Gasteiger partial charge in [0.15, 0.2) is 34.9 Å². The summed E-state index contributed by atoms with van der Waals surface area (Å²) in [6.07, 6.45) is -3.09. The van der Waals surface area contributed by atoms with Gasteiger partial charge in [0.2, 0.25) is 58.1 Å². The van der Waals surface area contributed by atoms with Gasteiger partial charge in [-0.25, -0.2) is 26.3 Å². The van der Waals surface area contributed by atoms with E-state index in [1.807, 2.05) is 20.8 Å². The molecule has 0 atom stereocenters. The van der Waals surface area contributed by atoms with Crippen LogP contribution in [-0.2, 0) is 104 Å². The minimum atomic E-state index is -2.08. The number of imide groups is 1. The lowest BCUT2D eigenvalue weighted by molar-refractivity contribution is -0.156. The Bertz CT molecular complexity index is 3350. The fourth-order valence-corrected chi connectivity index (χ4v) is 9.30. The van der Waals surface area contributed by atoms with E-state index in [1.165, 1.54) is 12.1 Å². The minimum absolute atomic E-state index is 0.157. The number of hydrogen-bond acceptors (Lipinski definition) is 28. The van der Waals surface area contributed by atoms with Crippen molar-refractivity contribution in [1.82, 2.24) is 10.2 Å². The number of nitrogens with zero attached hydrogens (tertiary/aromatic N) is 1. The van der Waals surface area contributed by atoms with Crippen molar-refractivity contribution >= 4 is 41.6 Å². The minimum Gasteiger partial charge on any atom is -0.460 e. The van der Waals surface area contributed by atoms with Crippen LogP contribution in [0.1, 0.15) is 73.6 Å². The first kappa shape index (κ1) is 101. The van der Waals surface area contributed by atoms with Crippen molar-refractivity contribution in [1.29, 1.82) is 0 Å². The van der Waals surface area contributed by atoms with Crippen LogP contribution in [0.15, 0.2) is 42.5 Å². The van der Waals surface area contributed by atoms with E-state index < -0.39 is 206 Å². The number of hydrogen-bond donors (Lipinski definition) is 2. The van der Waals surface area contributed by atoms with Gasteiger partial charge in [0.05, 0.1) is 255 Å². The maximum absolute atomic E-state index is 14.1. The summed E-state index contributed by atoms with van der Waals surface area (Å²) in [5, 5.41) is 2.45. The Morgan fingerprint density at radius 2 is 0.573 bits per heavy atom. The van der Waals surface area contributed by atoms with Crippen LogP contribution < -0.4 is 25.3 Å². The van der Waals surface area contributed by atoms with Crippen LogP contribution in [0.3, 0.4) is 0 Å². The van der Waals surface area contributed by atoms with Crippen molar-refractivity contribution in [3.63, 3.8) is 0 Å². The molecule has 658 valence electrons. The molecule has 1 aliphatic heterocycles. The van der Waals surface area contributed by atoms with Gasteiger partial charge in [0, 0.05) is 31.2 Å². The van der Waals surface area contributed by atoms with Crippen LogP contribution >= 0.6 is 0 Å². The average Bonchev–Trinajstić information content (AvgIpc) is 1.60. The molecule has 4 aromatic rings. The maximum Gasteiger partial charge on any atom is 0.313 e. The monoisotopic (exact) mass is 1700 g/mol. The molecule has 0 saturated carbocycles. The molecule has 0 radical (unpaired) electrons. The predicted octanol–water partition coefficient (Wildman–Crippen LogP) is 7.13. The van der Waals surface area contributed by atoms with Crippen LogP contribution in [0.2, 0.25) is 0 Å². The summed E-state index contributed by atoms with van der Waals surface area (Å²) < 4.78 is 272. The number of carbonyl (C=O) groups excluding carboxylic acids is 7. The van der Waals surface area contributed by atoms with Gasteiger partial charge in [0.1, 0.15) is 11.1 Å². The average molecular weight is 1700 g/mol. The van der Waals surface area contributed by atoms with E-state index in [9.17, 15) is 86.2 Å². The van der Waals surface area contributed by atoms with Crippen molar-refractivity contribution in [2.45, 2.75) is 64.0 Å². The summed E-state index contributed by atoms with van der Waals surface area (Å²) >= 11 is 0. The van der Waals surface area contributed by atoms with Gasteiger partial charge in [-0.05, 0) is 32.9 Å². The van der Waals surface area contributed by atoms with Crippen LogP contribution in [0.4, 0.5) is 52.7 Å². The number of amides is 3. The molecule has 0 spiro atoms. The number of ether oxygens (including phenoxy) is 20. The number of carbonyl (C=O) groups is 7. The topological polar surface area (TPSA) is 345 Å². The lowest BCUT2D eigenvalue weighted by atomic mass is 10.0. The lowest BCUT2D eigenvalue weighted by Gasteiger charge is -2.34. The third-order valence-electron chi connectivity index (χ3n) is 14.8. The van der Waals surface area contributed by atoms with Crippen molar-refractivity contribution < 1.29 is 181 Å². The lowest BCUT2D eigenvalue weighted by Crippen LogP contribution is -2.59. The quantitative estimate of drug-likeness (QED) is 0.0111. The van der Waals surface area contributed by atoms with Gasteiger partial charge < -0.3 is 106 Å². The molecule has 0 aromatic heterocycles. The van der Waals surface area contributed by atoms with Gasteiger partial charge in [-0.3, -0.25) is 38.5 Å². The molecule has 0 bridgehead atoms. The highest BCUT2D eigenvalue weighted by molar-refractivity contribution is 6.21. The number of rotatable bonds is 63. The van der Waals surface area contributed by atoms with E-state index in [-0.39, 0.29) is 54.9 Å². The first-order chi connectivity index (χ1) is 56.1. The number of nitrogens with two attached hydrogens (primary N) is 1. The Kier molecular flexibility index (Phi) is 50.1. The van der Waals surface area contributed by atoms with E-state index >= 15 is 0 Å². The highest BCUT2D eigenvalue weighted by Crippen LogP contribution is 2.30. The van der Waals surface area contributed by atoms with Gasteiger partial charge in [-0.2, -0.15) is 26.3 Å². The second kappa shape index (κ2) is 57.9. The largest absolute Gasteiger partial charge is 0.460 e. The Morgan fingerprint density at radius 3 is 0.846 bits per heavy atom. The molecule has 5 rings (SSSR count). The smallest absolute Gasteiger partial charge is 0.313 e. The SMILES string of the molecule is CC(C)(C)OC(=O)CCOCCOCCOCCOCCOCCOCCOCCOCCOCCOCCOCCOCCN.O=C(CCOCCN1C(=O)c2ccccc2C1=O)NC(COCCC(=O)Oc1c(F)c(F)cc(F)c1F)(COCCC(=O)Oc1c(F)c(F)cc(F)c1F)COCCC(=O)Oc1c(F)c(F)cc(F)c1F. The number of nitrogens with one attached hydrogen (secondary N) is 1. The van der Waals surface area contributed by atoms with Gasteiger partial charge in [-0.15, -0.1) is 0 Å². The van der Waals surface area contributed by atoms with Gasteiger partial charge in [0.25, 0.3) is 11.8 Å². The Balaban J connectivity index is 0.000000543. The highest BCUT2D eigenvalue weighted by atomic mass is 19.2. The molecule has 1 heterocycles. The molecule has 3 amide bonds. The summed E-state index contributed by atoms with van der Waals surface area (Å²) in [5.41, 5.74) is 3.09. The summed E-state index contributed by atoms with van der Waals surface area (Å²) in [4.78, 5) is 88.6. The van der Waals surface area contributed by atoms with Crippen LogP contribution in [0.5, 0.6) is 17.2 Å². The molecule has 1 aliphatic rings. The normalized spacial score (nSPS) is 12.1. The van der Waals surface area contributed by atoms with E-state index in [4.69, 9.17) is 86.3 Å². The zero-order valence-electron chi connectivity index (χ0n) is 64.7. The second-order valence-electron chi connectivity index (χ2n) is 25.2. The van der Waals surface area contributed by atoms with Crippen molar-refractivity contribution in [3.05, 3.63) is 123 Å². The predicted molar refractivity (Wildman–Crippen MR) is 379 cm³/mol. The molecule has 0 saturated heterocycles. The molecule has 0 unspecified atom stereocenters. The van der Waals surface area contributed by atoms with Crippen LogP contribution in [0.25, 0.3) is 0 Å². The molecule has 4 aromatic carbocycles. The Hall–Kier alpha value is -8.15. The third-order valence-corrected chi connectivity index (χ3v) is 14.8. The highest BCUT2D eigenvalue weighted by Gasteiger charge is 2.37. The summed E-state index contributed by atoms with van der Waals surface area (Å²) in [6, 6.07) is 5.52. The standard InChI is InChI=1S/C44H34F12N2O13.C31H63NO14/c45-23-15-24(46)34(52)39(33(23)51)69-30(60)6-11-66-18-44(19-67-12-7-31(61)70-40-35(53)25(47)16-26(48)36(40)54,20-68-13-8-32(62)71-41-37(55)27(49)17-28(50)38(41)56)57-29(59)5-10-65-14-9-58-42(63)21-3-1-2-4-22(21)43(58)64;1-31(2,3)46-30(33)4-6-34-8-10-36-12-14-38-16-18-40-20-22-42-24-26-44-28-29-45-27-25-43-23-21-41-19-17-39-15-13-37-11-9-35-7-5-32/h1-4,15-17H,5-14,18-20H2,(H,57,59);4-29,32H2,1-3H3. The van der Waals surface area contributed by atoms with E-state index in [0.29, 0.717) is 165 Å². The summed E-state index contributed by atoms with van der Waals surface area (Å²) in [6.45, 7) is 12.0. The first-order valence-corrected chi connectivity index (χ1v) is 36.6. The zero-order chi connectivity index (χ0) is 85.8. The second-order valence-corrected chi connectivity index (χ2v) is 25.2. The van der Waals surface area contributed by atoms with Gasteiger partial charge >= 0.3 is 23.9 Å². The Labute approximate surface area is 665 Å². The molecule has 0 aliphatic carbocycles. The third kappa shape index (κ3) is 40.9. The molecule has 117 heavy (non-hydrogen) atoms. The fraction of sp³-hybridized carbons (Fsp3) is 0.587. The molecule has 30 nitrogen and oxygen atoms in total. The van der Waals surface area contributed by atoms with Crippen LogP contribution in [0, 0.1) is 69.8 Å². The summed E-state index contributed by atoms with van der Waals surface area (Å²) in [5.74, 6) is -36.1. The Morgan fingerprint density at radius 1 is 0.333 bits per heavy atom. The van der Waals surface area contributed by atoms with Crippen molar-refractivity contribution in [2.24, 2.45) is 5.73 Å². The van der Waals surface area contributed by atoms with Crippen LogP contribution in [-0.4, -0.2) is 282 Å². The maximum atomic E-state index is 14.1. The molecule has 3 N–H and O–H groups in total. The first-order valence-electron chi connectivity index (χ1n) is 36.6. The number of halogens is 12. The fourth-order valence-electron chi connectivity index (χ4n) is 9.30. The van der Waals surface area contributed by atoms with E-state index in [0.717, 1.165) is 4.90 Å². The van der Waals surface area contributed by atoms with E-state index in [2.05, 4.69) is 19.5 Å². The van der Waals surface area contributed by atoms with Gasteiger partial charge in [-0.1, -0.05) is 12.1 Å².